The molecule has 1 fully saturated rings. The summed E-state index contributed by atoms with van der Waals surface area (Å²) in [7, 11) is 1.65. The highest BCUT2D eigenvalue weighted by Crippen LogP contribution is 2.34. The molecule has 2 heterocycles. The van der Waals surface area contributed by atoms with E-state index < -0.39 is 0 Å². The zero-order valence-corrected chi connectivity index (χ0v) is 21.4. The minimum absolute atomic E-state index is 0.0564. The molecule has 2 amide bonds. The molecule has 1 saturated heterocycles. The monoisotopic (exact) mass is 512 g/mol. The molecule has 0 saturated carbocycles. The standard InChI is InChI=1S/C30H29ClN4O2/c1-32-28(36)17-25-20-34(30(37)27-19-33-18-23-9-5-6-10-26(23)27)15-16-35(25)29(21-7-3-2-4-8-21)22-11-13-24(31)14-12-22/h2-14,18-19,25,29H,15-17,20H2,1H3,(H,32,36)/t25-,29?/m1/s1. The van der Waals surface area contributed by atoms with Crippen LogP contribution in [0.5, 0.6) is 0 Å². The second-order valence-electron chi connectivity index (χ2n) is 9.29. The number of pyridine rings is 1. The maximum Gasteiger partial charge on any atom is 0.256 e. The quantitative estimate of drug-likeness (QED) is 0.397. The van der Waals surface area contributed by atoms with Crippen molar-refractivity contribution in [1.82, 2.24) is 20.1 Å². The van der Waals surface area contributed by atoms with Crippen LogP contribution in [0.2, 0.25) is 5.02 Å². The summed E-state index contributed by atoms with van der Waals surface area (Å²) in [6, 6.07) is 25.7. The molecule has 1 aliphatic rings. The number of carbonyl (C=O) groups is 2. The summed E-state index contributed by atoms with van der Waals surface area (Å²) in [5, 5.41) is 5.26. The molecule has 5 rings (SSSR count). The number of fused-ring (bicyclic) bond motifs is 1. The minimum Gasteiger partial charge on any atom is -0.359 e. The van der Waals surface area contributed by atoms with E-state index in [0.717, 1.165) is 21.9 Å². The number of hydrogen-bond donors (Lipinski definition) is 1. The summed E-state index contributed by atoms with van der Waals surface area (Å²) in [5.41, 5.74) is 2.81. The van der Waals surface area contributed by atoms with E-state index in [1.807, 2.05) is 71.6 Å². The van der Waals surface area contributed by atoms with Gasteiger partial charge in [-0.1, -0.05) is 78.3 Å². The van der Waals surface area contributed by atoms with Crippen LogP contribution >= 0.6 is 11.6 Å². The van der Waals surface area contributed by atoms with Crippen LogP contribution < -0.4 is 5.32 Å². The van der Waals surface area contributed by atoms with E-state index in [9.17, 15) is 9.59 Å². The highest BCUT2D eigenvalue weighted by molar-refractivity contribution is 6.30. The van der Waals surface area contributed by atoms with Crippen molar-refractivity contribution in [2.45, 2.75) is 18.5 Å². The molecule has 1 aromatic heterocycles. The van der Waals surface area contributed by atoms with E-state index in [0.29, 0.717) is 30.2 Å². The van der Waals surface area contributed by atoms with Crippen LogP contribution in [0.15, 0.2) is 91.3 Å². The van der Waals surface area contributed by atoms with Gasteiger partial charge in [-0.15, -0.1) is 0 Å². The number of amides is 2. The lowest BCUT2D eigenvalue weighted by Gasteiger charge is -2.45. The Balaban J connectivity index is 1.49. The van der Waals surface area contributed by atoms with Gasteiger partial charge in [0.2, 0.25) is 5.91 Å². The molecule has 188 valence electrons. The zero-order valence-electron chi connectivity index (χ0n) is 20.7. The van der Waals surface area contributed by atoms with Crippen molar-refractivity contribution in [3.8, 4) is 0 Å². The Kier molecular flexibility index (Phi) is 7.49. The van der Waals surface area contributed by atoms with E-state index in [4.69, 9.17) is 11.6 Å². The highest BCUT2D eigenvalue weighted by Gasteiger charge is 2.36. The van der Waals surface area contributed by atoms with Gasteiger partial charge in [-0.3, -0.25) is 19.5 Å². The lowest BCUT2D eigenvalue weighted by molar-refractivity contribution is -0.122. The summed E-state index contributed by atoms with van der Waals surface area (Å²) in [6.45, 7) is 1.60. The first-order valence-corrected chi connectivity index (χ1v) is 12.8. The normalized spacial score (nSPS) is 16.9. The number of benzene rings is 3. The third kappa shape index (κ3) is 5.36. The van der Waals surface area contributed by atoms with Gasteiger partial charge in [-0.2, -0.15) is 0 Å². The van der Waals surface area contributed by atoms with Gasteiger partial charge in [0.25, 0.3) is 5.91 Å². The van der Waals surface area contributed by atoms with Crippen LogP contribution in [-0.4, -0.2) is 59.3 Å². The Hall–Kier alpha value is -3.74. The van der Waals surface area contributed by atoms with Gasteiger partial charge in [0.15, 0.2) is 0 Å². The van der Waals surface area contributed by atoms with E-state index in [1.165, 1.54) is 0 Å². The van der Waals surface area contributed by atoms with Crippen molar-refractivity contribution in [1.29, 1.82) is 0 Å². The summed E-state index contributed by atoms with van der Waals surface area (Å²) in [6.07, 6.45) is 3.70. The zero-order chi connectivity index (χ0) is 25.8. The second kappa shape index (κ2) is 11.1. The van der Waals surface area contributed by atoms with Crippen molar-refractivity contribution < 1.29 is 9.59 Å². The summed E-state index contributed by atoms with van der Waals surface area (Å²) >= 11 is 6.20. The lowest BCUT2D eigenvalue weighted by atomic mass is 9.93. The molecular weight excluding hydrogens is 484 g/mol. The average molecular weight is 513 g/mol. The van der Waals surface area contributed by atoms with Crippen molar-refractivity contribution in [3.05, 3.63) is 113 Å². The molecule has 0 spiro atoms. The smallest absolute Gasteiger partial charge is 0.256 e. The van der Waals surface area contributed by atoms with Crippen molar-refractivity contribution in [2.24, 2.45) is 0 Å². The molecule has 37 heavy (non-hydrogen) atoms. The van der Waals surface area contributed by atoms with Gasteiger partial charge in [0.1, 0.15) is 0 Å². The predicted molar refractivity (Wildman–Crippen MR) is 147 cm³/mol. The van der Waals surface area contributed by atoms with Crippen molar-refractivity contribution >= 4 is 34.2 Å². The van der Waals surface area contributed by atoms with Crippen molar-refractivity contribution in [2.75, 3.05) is 26.7 Å². The molecular formula is C30H29ClN4O2. The Morgan fingerprint density at radius 1 is 0.946 bits per heavy atom. The maximum absolute atomic E-state index is 13.7. The van der Waals surface area contributed by atoms with E-state index in [2.05, 4.69) is 27.3 Å². The number of rotatable bonds is 6. The Morgan fingerprint density at radius 3 is 2.41 bits per heavy atom. The molecule has 4 aromatic rings. The number of nitrogens with one attached hydrogen (secondary N) is 1. The first-order chi connectivity index (χ1) is 18.0. The van der Waals surface area contributed by atoms with E-state index in [1.54, 1.807) is 19.4 Å². The second-order valence-corrected chi connectivity index (χ2v) is 9.73. The molecule has 6 nitrogen and oxygen atoms in total. The number of piperazine rings is 1. The van der Waals surface area contributed by atoms with Gasteiger partial charge in [-0.05, 0) is 28.6 Å². The van der Waals surface area contributed by atoms with Crippen LogP contribution in [0.3, 0.4) is 0 Å². The number of nitrogens with zero attached hydrogens (tertiary/aromatic N) is 3. The molecule has 0 radical (unpaired) electrons. The van der Waals surface area contributed by atoms with Crippen LogP contribution in [0, 0.1) is 0 Å². The van der Waals surface area contributed by atoms with E-state index >= 15 is 0 Å². The van der Waals surface area contributed by atoms with Gasteiger partial charge in [0, 0.05) is 61.9 Å². The third-order valence-electron chi connectivity index (χ3n) is 7.05. The molecule has 1 unspecified atom stereocenters. The Bertz CT molecular complexity index is 1390. The molecule has 0 aliphatic carbocycles. The average Bonchev–Trinajstić information content (AvgIpc) is 2.94. The van der Waals surface area contributed by atoms with Crippen molar-refractivity contribution in [3.63, 3.8) is 0 Å². The number of halogens is 1. The highest BCUT2D eigenvalue weighted by atomic mass is 35.5. The summed E-state index contributed by atoms with van der Waals surface area (Å²) in [4.78, 5) is 34.9. The fourth-order valence-electron chi connectivity index (χ4n) is 5.20. The summed E-state index contributed by atoms with van der Waals surface area (Å²) in [5.74, 6) is -0.118. The largest absolute Gasteiger partial charge is 0.359 e. The van der Waals surface area contributed by atoms with Gasteiger partial charge in [-0.25, -0.2) is 0 Å². The lowest BCUT2D eigenvalue weighted by Crippen LogP contribution is -2.56. The Morgan fingerprint density at radius 2 is 1.65 bits per heavy atom. The predicted octanol–water partition coefficient (Wildman–Crippen LogP) is 4.94. The minimum atomic E-state index is -0.179. The fourth-order valence-corrected chi connectivity index (χ4v) is 5.33. The maximum atomic E-state index is 13.7. The molecule has 0 bridgehead atoms. The van der Waals surface area contributed by atoms with Crippen LogP contribution in [0.4, 0.5) is 0 Å². The van der Waals surface area contributed by atoms with Crippen LogP contribution in [0.1, 0.15) is 33.9 Å². The van der Waals surface area contributed by atoms with Crippen LogP contribution in [-0.2, 0) is 4.79 Å². The van der Waals surface area contributed by atoms with Gasteiger partial charge >= 0.3 is 0 Å². The molecule has 1 aliphatic heterocycles. The fraction of sp³-hybridized carbons (Fsp3) is 0.233. The van der Waals surface area contributed by atoms with Gasteiger partial charge in [0.05, 0.1) is 11.6 Å². The number of carbonyl (C=O) groups excluding carboxylic acids is 2. The first kappa shape index (κ1) is 24.9. The third-order valence-corrected chi connectivity index (χ3v) is 7.30. The van der Waals surface area contributed by atoms with Gasteiger partial charge < -0.3 is 10.2 Å². The molecule has 2 atom stereocenters. The first-order valence-electron chi connectivity index (χ1n) is 12.4. The topological polar surface area (TPSA) is 65.5 Å². The molecule has 1 N–H and O–H groups in total. The molecule has 3 aromatic carbocycles. The number of aromatic nitrogens is 1. The Labute approximate surface area is 221 Å². The summed E-state index contributed by atoms with van der Waals surface area (Å²) < 4.78 is 0. The van der Waals surface area contributed by atoms with E-state index in [-0.39, 0.29) is 30.3 Å². The molecule has 7 heteroatoms. The number of hydrogen-bond acceptors (Lipinski definition) is 4. The van der Waals surface area contributed by atoms with Crippen LogP contribution in [0.25, 0.3) is 10.8 Å². The SMILES string of the molecule is CNC(=O)C[C@@H]1CN(C(=O)c2cncc3ccccc23)CCN1C(c1ccccc1)c1ccc(Cl)cc1.